The van der Waals surface area contributed by atoms with E-state index in [1.807, 2.05) is 48.2 Å². The van der Waals surface area contributed by atoms with Crippen LogP contribution in [0.15, 0.2) is 52.9 Å². The third-order valence-corrected chi connectivity index (χ3v) is 6.19. The van der Waals surface area contributed by atoms with Crippen LogP contribution in [0.25, 0.3) is 11.5 Å². The molecular formula is C26H31N5O3. The van der Waals surface area contributed by atoms with Crippen molar-refractivity contribution in [3.8, 4) is 11.5 Å². The number of nitrogens with zero attached hydrogens (tertiary/aromatic N) is 3. The predicted octanol–water partition coefficient (Wildman–Crippen LogP) is 3.92. The molecule has 1 aromatic heterocycles. The number of hydrogen-bond acceptors (Lipinski definition) is 5. The van der Waals surface area contributed by atoms with E-state index in [2.05, 4.69) is 22.5 Å². The number of hydrogen-bond donors (Lipinski definition) is 2. The van der Waals surface area contributed by atoms with Gasteiger partial charge in [0.15, 0.2) is 0 Å². The fraction of sp³-hybridized carbons (Fsp3) is 0.346. The minimum atomic E-state index is -0.127. The molecule has 8 nitrogen and oxygen atoms in total. The molecule has 4 rings (SSSR count). The second-order valence-electron chi connectivity index (χ2n) is 8.38. The molecule has 8 heteroatoms. The van der Waals surface area contributed by atoms with Crippen molar-refractivity contribution in [2.75, 3.05) is 38.5 Å². The van der Waals surface area contributed by atoms with Crippen LogP contribution in [0, 0.1) is 6.92 Å². The summed E-state index contributed by atoms with van der Waals surface area (Å²) < 4.78 is 5.90. The fourth-order valence-electron chi connectivity index (χ4n) is 4.07. The van der Waals surface area contributed by atoms with Gasteiger partial charge in [0.1, 0.15) is 5.76 Å². The lowest BCUT2D eigenvalue weighted by molar-refractivity contribution is 0.0963. The molecule has 1 aliphatic heterocycles. The number of benzene rings is 2. The van der Waals surface area contributed by atoms with Crippen LogP contribution in [0.2, 0.25) is 0 Å². The molecule has 2 aromatic carbocycles. The van der Waals surface area contributed by atoms with E-state index < -0.39 is 0 Å². The quantitative estimate of drug-likeness (QED) is 0.581. The Balaban J connectivity index is 1.33. The zero-order valence-electron chi connectivity index (χ0n) is 19.9. The van der Waals surface area contributed by atoms with E-state index in [9.17, 15) is 9.59 Å². The highest BCUT2D eigenvalue weighted by Crippen LogP contribution is 2.24. The molecule has 1 aliphatic rings. The van der Waals surface area contributed by atoms with Crippen LogP contribution in [0.3, 0.4) is 0 Å². The lowest BCUT2D eigenvalue weighted by atomic mass is 10.1. The summed E-state index contributed by atoms with van der Waals surface area (Å²) in [5.74, 6) is 1.20. The van der Waals surface area contributed by atoms with E-state index >= 15 is 0 Å². The third kappa shape index (κ3) is 5.28. The highest BCUT2D eigenvalue weighted by atomic mass is 16.4. The molecule has 2 N–H and O–H groups in total. The van der Waals surface area contributed by atoms with Crippen molar-refractivity contribution in [2.24, 2.45) is 0 Å². The van der Waals surface area contributed by atoms with Gasteiger partial charge in [0, 0.05) is 56.6 Å². The first-order chi connectivity index (χ1) is 16.5. The Hall–Kier alpha value is -3.65. The number of amides is 3. The van der Waals surface area contributed by atoms with Crippen molar-refractivity contribution in [3.63, 3.8) is 0 Å². The number of aryl methyl sites for hydroxylation is 2. The molecule has 0 saturated carbocycles. The summed E-state index contributed by atoms with van der Waals surface area (Å²) in [4.78, 5) is 33.3. The molecule has 0 atom stereocenters. The third-order valence-electron chi connectivity index (χ3n) is 6.19. The highest BCUT2D eigenvalue weighted by Gasteiger charge is 2.23. The summed E-state index contributed by atoms with van der Waals surface area (Å²) in [5.41, 5.74) is 4.33. The second kappa shape index (κ2) is 10.5. The Labute approximate surface area is 200 Å². The van der Waals surface area contributed by atoms with E-state index in [-0.39, 0.29) is 11.9 Å². The predicted molar refractivity (Wildman–Crippen MR) is 132 cm³/mol. The second-order valence-corrected chi connectivity index (χ2v) is 8.38. The van der Waals surface area contributed by atoms with Gasteiger partial charge in [-0.25, -0.2) is 9.78 Å². The van der Waals surface area contributed by atoms with Crippen LogP contribution < -0.4 is 10.6 Å². The summed E-state index contributed by atoms with van der Waals surface area (Å²) in [6, 6.07) is 15.1. The van der Waals surface area contributed by atoms with Crippen LogP contribution >= 0.6 is 0 Å². The Bertz CT molecular complexity index is 1150. The zero-order chi connectivity index (χ0) is 24.1. The molecule has 0 radical (unpaired) electrons. The van der Waals surface area contributed by atoms with Crippen molar-refractivity contribution < 1.29 is 14.0 Å². The molecule has 2 heterocycles. The van der Waals surface area contributed by atoms with E-state index in [1.165, 1.54) is 0 Å². The maximum absolute atomic E-state index is 12.7. The number of oxazole rings is 1. The number of aromatic nitrogens is 1. The van der Waals surface area contributed by atoms with Crippen LogP contribution in [0.4, 0.5) is 10.5 Å². The van der Waals surface area contributed by atoms with Gasteiger partial charge in [0.25, 0.3) is 5.91 Å². The Morgan fingerprint density at radius 1 is 1.03 bits per heavy atom. The molecule has 1 saturated heterocycles. The smallest absolute Gasteiger partial charge is 0.321 e. The van der Waals surface area contributed by atoms with Crippen molar-refractivity contribution in [1.82, 2.24) is 20.1 Å². The number of carbonyl (C=O) groups excluding carboxylic acids is 2. The van der Waals surface area contributed by atoms with Crippen molar-refractivity contribution >= 4 is 17.6 Å². The number of rotatable bonds is 6. The average Bonchev–Trinajstić information content (AvgIpc) is 3.24. The lowest BCUT2D eigenvalue weighted by Gasteiger charge is -2.34. The van der Waals surface area contributed by atoms with Gasteiger partial charge in [-0.15, -0.1) is 0 Å². The summed E-state index contributed by atoms with van der Waals surface area (Å²) >= 11 is 0. The monoisotopic (exact) mass is 461 g/mol. The van der Waals surface area contributed by atoms with Gasteiger partial charge in [-0.2, -0.15) is 0 Å². The molecule has 34 heavy (non-hydrogen) atoms. The fourth-order valence-corrected chi connectivity index (χ4v) is 4.07. The van der Waals surface area contributed by atoms with Gasteiger partial charge < -0.3 is 20.0 Å². The molecular weight excluding hydrogens is 430 g/mol. The highest BCUT2D eigenvalue weighted by molar-refractivity contribution is 5.94. The summed E-state index contributed by atoms with van der Waals surface area (Å²) in [5, 5.41) is 5.67. The maximum Gasteiger partial charge on any atom is 0.321 e. The molecule has 178 valence electrons. The van der Waals surface area contributed by atoms with E-state index in [1.54, 1.807) is 19.2 Å². The SMILES string of the molecule is CCc1ccccc1NC(=O)N1CCN(Cc2nc(-c3ccc(C(=O)NC)cc3)oc2C)CC1. The van der Waals surface area contributed by atoms with Gasteiger partial charge >= 0.3 is 6.03 Å². The minimum Gasteiger partial charge on any atom is -0.441 e. The van der Waals surface area contributed by atoms with Crippen LogP contribution in [-0.2, 0) is 13.0 Å². The van der Waals surface area contributed by atoms with Crippen molar-refractivity contribution in [3.05, 3.63) is 71.1 Å². The number of carbonyl (C=O) groups is 2. The molecule has 0 unspecified atom stereocenters. The Morgan fingerprint density at radius 3 is 2.41 bits per heavy atom. The van der Waals surface area contributed by atoms with Crippen molar-refractivity contribution in [2.45, 2.75) is 26.8 Å². The normalized spacial score (nSPS) is 14.1. The minimum absolute atomic E-state index is 0.0549. The van der Waals surface area contributed by atoms with E-state index in [0.717, 1.165) is 47.8 Å². The molecule has 0 aliphatic carbocycles. The van der Waals surface area contributed by atoms with Gasteiger partial charge in [-0.1, -0.05) is 25.1 Å². The average molecular weight is 462 g/mol. The van der Waals surface area contributed by atoms with Gasteiger partial charge in [0.2, 0.25) is 5.89 Å². The number of urea groups is 1. The van der Waals surface area contributed by atoms with Crippen LogP contribution in [0.1, 0.15) is 34.3 Å². The number of anilines is 1. The molecule has 3 aromatic rings. The summed E-state index contributed by atoms with van der Waals surface area (Å²) in [7, 11) is 1.61. The lowest BCUT2D eigenvalue weighted by Crippen LogP contribution is -2.49. The van der Waals surface area contributed by atoms with E-state index in [0.29, 0.717) is 31.1 Å². The maximum atomic E-state index is 12.7. The standard InChI is InChI=1S/C26H31N5O3/c1-4-19-7-5-6-8-22(19)29-26(33)31-15-13-30(14-16-31)17-23-18(2)34-25(28-23)21-11-9-20(10-12-21)24(32)27-3/h5-12H,4,13-17H2,1-3H3,(H,27,32)(H,29,33). The molecule has 0 bridgehead atoms. The Morgan fingerprint density at radius 2 is 1.74 bits per heavy atom. The molecule has 3 amide bonds. The number of piperazine rings is 1. The van der Waals surface area contributed by atoms with E-state index in [4.69, 9.17) is 9.40 Å². The van der Waals surface area contributed by atoms with Gasteiger partial charge in [0.05, 0.1) is 5.69 Å². The first-order valence-electron chi connectivity index (χ1n) is 11.6. The summed E-state index contributed by atoms with van der Waals surface area (Å²) in [6.45, 7) is 7.52. The number of para-hydroxylation sites is 1. The first kappa shape index (κ1) is 23.5. The number of nitrogens with one attached hydrogen (secondary N) is 2. The summed E-state index contributed by atoms with van der Waals surface area (Å²) in [6.07, 6.45) is 0.876. The molecule has 0 spiro atoms. The Kier molecular flexibility index (Phi) is 7.27. The first-order valence-corrected chi connectivity index (χ1v) is 11.6. The molecule has 1 fully saturated rings. The van der Waals surface area contributed by atoms with Crippen LogP contribution in [-0.4, -0.2) is 59.9 Å². The van der Waals surface area contributed by atoms with Crippen LogP contribution in [0.5, 0.6) is 0 Å². The van der Waals surface area contributed by atoms with Crippen molar-refractivity contribution in [1.29, 1.82) is 0 Å². The van der Waals surface area contributed by atoms with Gasteiger partial charge in [-0.05, 0) is 49.2 Å². The largest absolute Gasteiger partial charge is 0.441 e. The van der Waals surface area contributed by atoms with Gasteiger partial charge in [-0.3, -0.25) is 9.69 Å². The zero-order valence-corrected chi connectivity index (χ0v) is 19.9. The topological polar surface area (TPSA) is 90.7 Å².